The quantitative estimate of drug-likeness (QED) is 0.124. The SMILES string of the molecule is CCCN1CC(=O)N(C)[C@H]2C/C=C\CCN(C2=O)[C@@H](CC2CCC(C(F)(F)F)CC2)C(=O)N(C)CC(=O)N[C@@H](CCC2CC(F)C(C(F)(F)F)C(F)C2)C(=O)N2C[C@H](OCC)C[C@H]2C(=O)NC2(CCC2)C(=O)N(C)[C@@H](C2CCCC2)C(=O)N(C)[C@H](C(=O)N(C)C)CC(=O)N(C)[C@@H](CC)C(=O)N[C@@H]([C@@H](C)CC)C1=O. The first-order chi connectivity index (χ1) is 50.7. The molecule has 33 heteroatoms. The molecule has 2 bridgehead atoms. The second kappa shape index (κ2) is 38.1. The zero-order valence-electron chi connectivity index (χ0n) is 64.8. The molecule has 1 spiro atoms. The number of likely N-dealkylation sites (N-methyl/N-ethyl adjacent to an activating group) is 6. The molecule has 610 valence electrons. The van der Waals surface area contributed by atoms with E-state index in [2.05, 4.69) is 16.0 Å². The summed E-state index contributed by atoms with van der Waals surface area (Å²) < 4.78 is 121. The van der Waals surface area contributed by atoms with Crippen LogP contribution in [-0.2, 0) is 62.3 Å². The summed E-state index contributed by atoms with van der Waals surface area (Å²) in [4.78, 5) is 192. The van der Waals surface area contributed by atoms with E-state index in [-0.39, 0.29) is 103 Å². The van der Waals surface area contributed by atoms with Crippen molar-refractivity contribution in [3.8, 4) is 0 Å². The van der Waals surface area contributed by atoms with Crippen LogP contribution in [0.15, 0.2) is 12.2 Å². The molecule has 7 aliphatic rings. The Balaban J connectivity index is 1.33. The van der Waals surface area contributed by atoms with Gasteiger partial charge in [0.25, 0.3) is 0 Å². The van der Waals surface area contributed by atoms with Crippen LogP contribution in [0.3, 0.4) is 0 Å². The van der Waals surface area contributed by atoms with Crippen molar-refractivity contribution in [2.45, 2.75) is 267 Å². The average Bonchev–Trinajstić information content (AvgIpc) is 1.09. The lowest BCUT2D eigenvalue weighted by Crippen LogP contribution is -2.68. The standard InChI is InChI=1S/C75H116F8N12O13/c1-13-34-93-43-60(98)90(10)54-25-18-17-21-35-94(69(54)104)57(38-45-26-29-48(30-27-45)74(78,79)80)68(103)88(8)42-58(96)84-52(31-28-46-36-50(76)61(51(77)37-46)75(81,82)83)66(101)95-41-49(108-16-4)39-55(95)65(100)86-73(32-22-33-73)72(107)92(12)63(47-23-19-20-24-47)71(106)91(11)56(67(102)87(6)7)40-59(97)89(9)53(15-3)64(99)85-62(70(93)105)44(5)14-2/h17-18,44-57,61-63H,13-16,19-43H2,1-12H3,(H,84,96)(H,85,99)(H,86,100)/b18-17-/t44-,45?,46?,48?,49+,50?,51?,52-,53-,54-,55-,56-,57-,61?,62-,63-/m0/s1. The summed E-state index contributed by atoms with van der Waals surface area (Å²) >= 11 is 0. The maximum Gasteiger partial charge on any atom is 0.397 e. The Kier molecular flexibility index (Phi) is 31.1. The smallest absolute Gasteiger partial charge is 0.377 e. The van der Waals surface area contributed by atoms with Gasteiger partial charge in [0.1, 0.15) is 72.1 Å². The van der Waals surface area contributed by atoms with Crippen LogP contribution in [0.25, 0.3) is 0 Å². The Labute approximate surface area is 629 Å². The molecule has 2 saturated heterocycles. The number of carbonyl (C=O) groups excluding carboxylic acids is 12. The zero-order chi connectivity index (χ0) is 80.2. The Morgan fingerprint density at radius 1 is 0.657 bits per heavy atom. The maximum absolute atomic E-state index is 15.5. The van der Waals surface area contributed by atoms with Gasteiger partial charge in [0.2, 0.25) is 70.9 Å². The molecule has 108 heavy (non-hydrogen) atoms. The molecule has 6 fully saturated rings. The monoisotopic (exact) mass is 1540 g/mol. The average molecular weight is 1550 g/mol. The first-order valence-electron chi connectivity index (χ1n) is 38.8. The van der Waals surface area contributed by atoms with Gasteiger partial charge >= 0.3 is 12.4 Å². The van der Waals surface area contributed by atoms with Gasteiger partial charge in [0, 0.05) is 82.0 Å². The number of fused-ring (bicyclic) bond motifs is 3. The predicted octanol–water partition coefficient (Wildman–Crippen LogP) is 6.50. The van der Waals surface area contributed by atoms with E-state index in [1.807, 2.05) is 0 Å². The third kappa shape index (κ3) is 21.1. The number of amides is 12. The second-order valence-corrected chi connectivity index (χ2v) is 31.5. The van der Waals surface area contributed by atoms with E-state index in [0.29, 0.717) is 44.9 Å². The maximum atomic E-state index is 15.5. The van der Waals surface area contributed by atoms with E-state index in [0.717, 1.165) is 24.5 Å². The fraction of sp³-hybridized carbons (Fsp3) is 0.813. The van der Waals surface area contributed by atoms with Gasteiger partial charge in [-0.1, -0.05) is 59.1 Å². The van der Waals surface area contributed by atoms with Gasteiger partial charge in [0.05, 0.1) is 31.5 Å². The minimum Gasteiger partial charge on any atom is -0.377 e. The number of rotatable bonds is 14. The van der Waals surface area contributed by atoms with Crippen LogP contribution in [0.1, 0.15) is 182 Å². The zero-order valence-corrected chi connectivity index (χ0v) is 64.8. The molecule has 12 amide bonds. The van der Waals surface area contributed by atoms with Crippen LogP contribution in [-0.4, -0.2) is 288 Å². The number of ether oxygens (including phenoxy) is 1. The summed E-state index contributed by atoms with van der Waals surface area (Å²) in [6.07, 6.45) is -12.9. The number of hydrogen-bond acceptors (Lipinski definition) is 13. The highest BCUT2D eigenvalue weighted by atomic mass is 19.4. The van der Waals surface area contributed by atoms with Crippen molar-refractivity contribution in [2.75, 3.05) is 88.7 Å². The summed E-state index contributed by atoms with van der Waals surface area (Å²) in [6, 6.07) is -11.3. The molecule has 3 N–H and O–H groups in total. The van der Waals surface area contributed by atoms with Crippen molar-refractivity contribution in [3.05, 3.63) is 12.2 Å². The minimum absolute atomic E-state index is 0.000177. The molecule has 0 aromatic rings. The molecule has 4 aliphatic carbocycles. The summed E-state index contributed by atoms with van der Waals surface area (Å²) in [5.41, 5.74) is -1.69. The fourth-order valence-electron chi connectivity index (χ4n) is 17.1. The molecule has 2 unspecified atom stereocenters. The number of halogens is 8. The van der Waals surface area contributed by atoms with Crippen molar-refractivity contribution in [1.82, 2.24) is 60.0 Å². The van der Waals surface area contributed by atoms with Gasteiger partial charge in [-0.3, -0.25) is 57.5 Å². The third-order valence-corrected chi connectivity index (χ3v) is 24.0. The molecular formula is C75H116F8N12O13. The van der Waals surface area contributed by atoms with Gasteiger partial charge < -0.3 is 64.8 Å². The fourth-order valence-corrected chi connectivity index (χ4v) is 17.1. The van der Waals surface area contributed by atoms with E-state index in [1.54, 1.807) is 46.8 Å². The van der Waals surface area contributed by atoms with Crippen LogP contribution < -0.4 is 16.0 Å². The molecule has 7 rings (SSSR count). The van der Waals surface area contributed by atoms with Crippen LogP contribution in [0.2, 0.25) is 0 Å². The molecule has 3 heterocycles. The van der Waals surface area contributed by atoms with E-state index in [1.165, 1.54) is 68.9 Å². The van der Waals surface area contributed by atoms with Crippen molar-refractivity contribution in [2.24, 2.45) is 35.5 Å². The van der Waals surface area contributed by atoms with Crippen molar-refractivity contribution in [3.63, 3.8) is 0 Å². The normalized spacial score (nSPS) is 31.9. The van der Waals surface area contributed by atoms with Crippen LogP contribution in [0.4, 0.5) is 35.1 Å². The summed E-state index contributed by atoms with van der Waals surface area (Å²) in [5, 5.41) is 8.41. The largest absolute Gasteiger partial charge is 0.397 e. The molecule has 12 atom stereocenters. The molecule has 0 aromatic heterocycles. The van der Waals surface area contributed by atoms with Gasteiger partial charge in [-0.05, 0) is 146 Å². The summed E-state index contributed by atoms with van der Waals surface area (Å²) in [6.45, 7) is 6.68. The van der Waals surface area contributed by atoms with E-state index >= 15 is 42.3 Å². The topological polar surface area (TPSA) is 279 Å². The van der Waals surface area contributed by atoms with Gasteiger partial charge in [0.15, 0.2) is 0 Å². The lowest BCUT2D eigenvalue weighted by atomic mass is 9.74. The van der Waals surface area contributed by atoms with E-state index < -0.39 is 230 Å². The highest BCUT2D eigenvalue weighted by Crippen LogP contribution is 2.46. The Bertz CT molecular complexity index is 3210. The highest BCUT2D eigenvalue weighted by Gasteiger charge is 2.56. The first-order valence-corrected chi connectivity index (χ1v) is 38.8. The number of nitrogens with one attached hydrogen (secondary N) is 3. The molecular weight excluding hydrogens is 1430 g/mol. The highest BCUT2D eigenvalue weighted by molar-refractivity contribution is 6.01. The Morgan fingerprint density at radius 3 is 1.85 bits per heavy atom. The number of hydrogen-bond donors (Lipinski definition) is 3. The molecule has 0 radical (unpaired) electrons. The van der Waals surface area contributed by atoms with Gasteiger partial charge in [-0.25, -0.2) is 8.78 Å². The third-order valence-electron chi connectivity index (χ3n) is 24.0. The molecule has 25 nitrogen and oxygen atoms in total. The number of nitrogens with zero attached hydrogens (tertiary/aromatic N) is 9. The summed E-state index contributed by atoms with van der Waals surface area (Å²) in [7, 11) is 9.54. The van der Waals surface area contributed by atoms with E-state index in [9.17, 15) is 50.3 Å². The first kappa shape index (κ1) is 88.0. The lowest BCUT2D eigenvalue weighted by molar-refractivity contribution is -0.219. The van der Waals surface area contributed by atoms with Crippen molar-refractivity contribution < 1.29 is 97.4 Å². The van der Waals surface area contributed by atoms with Crippen LogP contribution in [0.5, 0.6) is 0 Å². The van der Waals surface area contributed by atoms with Crippen LogP contribution in [0, 0.1) is 35.5 Å². The van der Waals surface area contributed by atoms with Crippen LogP contribution >= 0.6 is 0 Å². The number of carbonyl (C=O) groups is 12. The predicted molar refractivity (Wildman–Crippen MR) is 381 cm³/mol. The Hall–Kier alpha value is -7.22. The van der Waals surface area contributed by atoms with Crippen molar-refractivity contribution in [1.29, 1.82) is 0 Å². The molecule has 0 aromatic carbocycles. The van der Waals surface area contributed by atoms with E-state index in [4.69, 9.17) is 4.74 Å². The molecule has 3 aliphatic heterocycles. The van der Waals surface area contributed by atoms with Gasteiger partial charge in [-0.2, -0.15) is 26.3 Å². The van der Waals surface area contributed by atoms with Gasteiger partial charge in [-0.15, -0.1) is 0 Å². The number of alkyl halides is 8. The lowest BCUT2D eigenvalue weighted by Gasteiger charge is -2.46. The summed E-state index contributed by atoms with van der Waals surface area (Å²) in [5.74, 6) is -16.7. The molecule has 4 saturated carbocycles. The van der Waals surface area contributed by atoms with Crippen molar-refractivity contribution >= 4 is 70.9 Å². The Morgan fingerprint density at radius 2 is 1.30 bits per heavy atom. The second-order valence-electron chi connectivity index (χ2n) is 31.5. The minimum atomic E-state index is -5.22.